The van der Waals surface area contributed by atoms with Crippen molar-refractivity contribution in [1.82, 2.24) is 5.32 Å². The van der Waals surface area contributed by atoms with Gasteiger partial charge in [-0.15, -0.1) is 0 Å². The second-order valence-electron chi connectivity index (χ2n) is 5.91. The van der Waals surface area contributed by atoms with Gasteiger partial charge in [0.15, 0.2) is 0 Å². The van der Waals surface area contributed by atoms with E-state index in [4.69, 9.17) is 0 Å². The second-order valence-corrected chi connectivity index (χ2v) is 5.91. The van der Waals surface area contributed by atoms with Crippen LogP contribution in [0.3, 0.4) is 0 Å². The van der Waals surface area contributed by atoms with Gasteiger partial charge in [-0.1, -0.05) is 25.5 Å². The summed E-state index contributed by atoms with van der Waals surface area (Å²) in [6.07, 6.45) is 5.41. The van der Waals surface area contributed by atoms with Gasteiger partial charge >= 0.3 is 0 Å². The maximum absolute atomic E-state index is 3.63. The molecule has 1 aliphatic rings. The van der Waals surface area contributed by atoms with E-state index in [9.17, 15) is 0 Å². The number of benzene rings is 1. The molecule has 1 nitrogen and oxygen atoms in total. The first-order valence-corrected chi connectivity index (χ1v) is 7.43. The molecule has 18 heavy (non-hydrogen) atoms. The Kier molecular flexibility index (Phi) is 4.45. The predicted molar refractivity (Wildman–Crippen MR) is 79.3 cm³/mol. The molecule has 2 atom stereocenters. The molecule has 1 aliphatic carbocycles. The molecule has 0 aromatic heterocycles. The smallest absolute Gasteiger partial charge is 0.00727 e. The van der Waals surface area contributed by atoms with Crippen LogP contribution < -0.4 is 5.32 Å². The minimum Gasteiger partial charge on any atom is -0.314 e. The summed E-state index contributed by atoms with van der Waals surface area (Å²) in [5.41, 5.74) is 5.96. The van der Waals surface area contributed by atoms with E-state index in [1.165, 1.54) is 42.4 Å². The molecule has 1 N–H and O–H groups in total. The van der Waals surface area contributed by atoms with Gasteiger partial charge in [0.05, 0.1) is 0 Å². The van der Waals surface area contributed by atoms with Crippen molar-refractivity contribution in [2.75, 3.05) is 6.54 Å². The van der Waals surface area contributed by atoms with Gasteiger partial charge in [-0.2, -0.15) is 0 Å². The molecule has 0 radical (unpaired) electrons. The SMILES string of the molecule is CCNC1CCCC(c2cc(C)c(C)cc2C)C1. The summed E-state index contributed by atoms with van der Waals surface area (Å²) in [6.45, 7) is 10.0. The summed E-state index contributed by atoms with van der Waals surface area (Å²) in [5, 5.41) is 3.63. The highest BCUT2D eigenvalue weighted by Crippen LogP contribution is 2.35. The lowest BCUT2D eigenvalue weighted by molar-refractivity contribution is 0.344. The molecule has 0 spiro atoms. The van der Waals surface area contributed by atoms with E-state index in [1.807, 2.05) is 0 Å². The van der Waals surface area contributed by atoms with Crippen LogP contribution in [0.5, 0.6) is 0 Å². The predicted octanol–water partition coefficient (Wildman–Crippen LogP) is 4.25. The van der Waals surface area contributed by atoms with Crippen LogP contribution in [0.15, 0.2) is 12.1 Å². The Bertz CT molecular complexity index is 406. The molecule has 1 aromatic carbocycles. The molecule has 1 heteroatoms. The first-order valence-electron chi connectivity index (χ1n) is 7.43. The molecule has 1 saturated carbocycles. The van der Waals surface area contributed by atoms with Crippen LogP contribution in [0, 0.1) is 20.8 Å². The van der Waals surface area contributed by atoms with E-state index >= 15 is 0 Å². The molecule has 0 saturated heterocycles. The van der Waals surface area contributed by atoms with E-state index in [0.717, 1.165) is 18.5 Å². The van der Waals surface area contributed by atoms with Crippen LogP contribution in [0.1, 0.15) is 60.8 Å². The lowest BCUT2D eigenvalue weighted by atomic mass is 9.79. The minimum atomic E-state index is 0.731. The third-order valence-electron chi connectivity index (χ3n) is 4.49. The van der Waals surface area contributed by atoms with Crippen LogP contribution in [0.25, 0.3) is 0 Å². The fourth-order valence-electron chi connectivity index (χ4n) is 3.37. The fourth-order valence-corrected chi connectivity index (χ4v) is 3.37. The zero-order valence-corrected chi connectivity index (χ0v) is 12.3. The van der Waals surface area contributed by atoms with Crippen LogP contribution in [-0.4, -0.2) is 12.6 Å². The molecule has 2 unspecified atom stereocenters. The van der Waals surface area contributed by atoms with Gasteiger partial charge in [-0.3, -0.25) is 0 Å². The maximum atomic E-state index is 3.63. The van der Waals surface area contributed by atoms with E-state index in [2.05, 4.69) is 45.1 Å². The van der Waals surface area contributed by atoms with Crippen molar-refractivity contribution < 1.29 is 0 Å². The topological polar surface area (TPSA) is 12.0 Å². The Balaban J connectivity index is 2.18. The third-order valence-corrected chi connectivity index (χ3v) is 4.49. The van der Waals surface area contributed by atoms with Gasteiger partial charge in [0.25, 0.3) is 0 Å². The summed E-state index contributed by atoms with van der Waals surface area (Å²) < 4.78 is 0. The number of hydrogen-bond donors (Lipinski definition) is 1. The maximum Gasteiger partial charge on any atom is 0.00727 e. The van der Waals surface area contributed by atoms with Crippen molar-refractivity contribution >= 4 is 0 Å². The third kappa shape index (κ3) is 2.95. The number of aryl methyl sites for hydroxylation is 3. The van der Waals surface area contributed by atoms with Crippen LogP contribution >= 0.6 is 0 Å². The highest BCUT2D eigenvalue weighted by molar-refractivity contribution is 5.38. The summed E-state index contributed by atoms with van der Waals surface area (Å²) in [4.78, 5) is 0. The molecule has 0 bridgehead atoms. The van der Waals surface area contributed by atoms with Crippen molar-refractivity contribution in [3.05, 3.63) is 34.4 Å². The number of hydrogen-bond acceptors (Lipinski definition) is 1. The molecular weight excluding hydrogens is 218 g/mol. The molecule has 0 heterocycles. The standard InChI is InChI=1S/C17H27N/c1-5-18-16-8-6-7-15(11-16)17-10-13(3)12(2)9-14(17)4/h9-10,15-16,18H,5-8,11H2,1-4H3. The number of rotatable bonds is 3. The molecule has 2 rings (SSSR count). The Morgan fingerprint density at radius 1 is 1.06 bits per heavy atom. The van der Waals surface area contributed by atoms with Crippen molar-refractivity contribution in [3.8, 4) is 0 Å². The van der Waals surface area contributed by atoms with Gasteiger partial charge in [0, 0.05) is 6.04 Å². The second kappa shape index (κ2) is 5.88. The minimum absolute atomic E-state index is 0.731. The quantitative estimate of drug-likeness (QED) is 0.839. The van der Waals surface area contributed by atoms with E-state index in [1.54, 1.807) is 5.56 Å². The van der Waals surface area contributed by atoms with Gasteiger partial charge < -0.3 is 5.32 Å². The van der Waals surface area contributed by atoms with E-state index in [0.29, 0.717) is 0 Å². The monoisotopic (exact) mass is 245 g/mol. The Morgan fingerprint density at radius 2 is 1.78 bits per heavy atom. The lowest BCUT2D eigenvalue weighted by Gasteiger charge is -2.31. The van der Waals surface area contributed by atoms with Gasteiger partial charge in [-0.05, 0) is 74.8 Å². The Labute approximate surface area is 112 Å². The van der Waals surface area contributed by atoms with Gasteiger partial charge in [0.2, 0.25) is 0 Å². The highest BCUT2D eigenvalue weighted by atomic mass is 14.9. The van der Waals surface area contributed by atoms with Crippen LogP contribution in [0.4, 0.5) is 0 Å². The summed E-state index contributed by atoms with van der Waals surface area (Å²) in [5.74, 6) is 0.766. The van der Waals surface area contributed by atoms with Crippen LogP contribution in [-0.2, 0) is 0 Å². The van der Waals surface area contributed by atoms with Crippen LogP contribution in [0.2, 0.25) is 0 Å². The van der Waals surface area contributed by atoms with E-state index in [-0.39, 0.29) is 0 Å². The zero-order chi connectivity index (χ0) is 13.1. The Hall–Kier alpha value is -0.820. The average molecular weight is 245 g/mol. The zero-order valence-electron chi connectivity index (χ0n) is 12.3. The molecule has 1 aromatic rings. The summed E-state index contributed by atoms with van der Waals surface area (Å²) in [7, 11) is 0. The summed E-state index contributed by atoms with van der Waals surface area (Å²) >= 11 is 0. The van der Waals surface area contributed by atoms with Crippen molar-refractivity contribution in [2.45, 2.75) is 65.3 Å². The molecular formula is C17H27N. The molecule has 100 valence electrons. The van der Waals surface area contributed by atoms with Crippen molar-refractivity contribution in [3.63, 3.8) is 0 Å². The van der Waals surface area contributed by atoms with Gasteiger partial charge in [0.1, 0.15) is 0 Å². The van der Waals surface area contributed by atoms with Crippen molar-refractivity contribution in [2.24, 2.45) is 0 Å². The highest BCUT2D eigenvalue weighted by Gasteiger charge is 2.23. The van der Waals surface area contributed by atoms with Gasteiger partial charge in [-0.25, -0.2) is 0 Å². The average Bonchev–Trinajstić information content (AvgIpc) is 2.34. The molecule has 0 amide bonds. The largest absolute Gasteiger partial charge is 0.314 e. The Morgan fingerprint density at radius 3 is 2.50 bits per heavy atom. The number of nitrogens with one attached hydrogen (secondary N) is 1. The first kappa shape index (κ1) is 13.6. The van der Waals surface area contributed by atoms with Crippen molar-refractivity contribution in [1.29, 1.82) is 0 Å². The normalized spacial score (nSPS) is 24.2. The lowest BCUT2D eigenvalue weighted by Crippen LogP contribution is -2.33. The summed E-state index contributed by atoms with van der Waals surface area (Å²) in [6, 6.07) is 5.53. The molecule has 1 fully saturated rings. The van der Waals surface area contributed by atoms with E-state index < -0.39 is 0 Å². The fraction of sp³-hybridized carbons (Fsp3) is 0.647. The molecule has 0 aliphatic heterocycles. The first-order chi connectivity index (χ1) is 8.61.